The highest BCUT2D eigenvalue weighted by molar-refractivity contribution is 6.02. The fourth-order valence-electron chi connectivity index (χ4n) is 9.97. The molecular weight excluding hydrogens is 751 g/mol. The Hall–Kier alpha value is -8.36. The van der Waals surface area contributed by atoms with Crippen LogP contribution in [0.5, 0.6) is 11.5 Å². The van der Waals surface area contributed by atoms with Gasteiger partial charge in [-0.05, 0) is 88.0 Å². The number of fused-ring (bicyclic) bond motifs is 14. The maximum atomic E-state index is 7.11. The highest BCUT2D eigenvalue weighted by Crippen LogP contribution is 2.66. The lowest BCUT2D eigenvalue weighted by atomic mass is 9.70. The number of benzene rings is 6. The Balaban J connectivity index is 1.05. The van der Waals surface area contributed by atoms with Gasteiger partial charge in [-0.1, -0.05) is 97.1 Å². The van der Waals surface area contributed by atoms with Crippen molar-refractivity contribution < 1.29 is 4.74 Å². The van der Waals surface area contributed by atoms with E-state index in [1.54, 1.807) is 24.8 Å². The molecule has 8 nitrogen and oxygen atoms in total. The van der Waals surface area contributed by atoms with Gasteiger partial charge in [0.15, 0.2) is 17.3 Å². The van der Waals surface area contributed by atoms with E-state index in [2.05, 4.69) is 135 Å². The standard InChI is InChI=1S/C53H31N7O/c1-2-14-36(37-16-8-19-43-48(37)56-28-27-54-43)35(13-1)33-30-42-50(59-31-33)49-41(18-9-24-55-49)53(42)39-17-4-3-15-38(39)47-40(53)22-23-45-51(47)61-46-21-6-5-20-44(46)60(45)34-12-7-11-32(29-34)52-57-25-10-26-58-52/h1-31H. The molecule has 0 radical (unpaired) electrons. The van der Waals surface area contributed by atoms with Crippen LogP contribution in [0.4, 0.5) is 17.1 Å². The Morgan fingerprint density at radius 1 is 0.443 bits per heavy atom. The Bertz CT molecular complexity index is 3440. The summed E-state index contributed by atoms with van der Waals surface area (Å²) in [6.45, 7) is 0. The van der Waals surface area contributed by atoms with Gasteiger partial charge in [0.05, 0.1) is 39.2 Å². The number of para-hydroxylation sites is 3. The summed E-state index contributed by atoms with van der Waals surface area (Å²) in [6.07, 6.45) is 10.9. The van der Waals surface area contributed by atoms with Gasteiger partial charge in [-0.3, -0.25) is 19.9 Å². The largest absolute Gasteiger partial charge is 0.452 e. The van der Waals surface area contributed by atoms with Crippen molar-refractivity contribution in [1.82, 2.24) is 29.9 Å². The van der Waals surface area contributed by atoms with Crippen LogP contribution in [0.1, 0.15) is 22.3 Å². The Morgan fingerprint density at radius 2 is 1.20 bits per heavy atom. The van der Waals surface area contributed by atoms with E-state index in [4.69, 9.17) is 19.7 Å². The van der Waals surface area contributed by atoms with E-state index in [9.17, 15) is 0 Å². The quantitative estimate of drug-likeness (QED) is 0.174. The maximum Gasteiger partial charge on any atom is 0.159 e. The highest BCUT2D eigenvalue weighted by Gasteiger charge is 2.54. The first kappa shape index (κ1) is 33.6. The smallest absolute Gasteiger partial charge is 0.159 e. The van der Waals surface area contributed by atoms with Crippen molar-refractivity contribution >= 4 is 28.1 Å². The first-order valence-electron chi connectivity index (χ1n) is 20.2. The van der Waals surface area contributed by atoms with E-state index in [0.717, 1.165) is 107 Å². The number of ether oxygens (including phenoxy) is 1. The van der Waals surface area contributed by atoms with Gasteiger partial charge in [0.1, 0.15) is 0 Å². The first-order valence-corrected chi connectivity index (χ1v) is 20.2. The topological polar surface area (TPSA) is 89.8 Å². The van der Waals surface area contributed by atoms with Crippen LogP contribution in [0.25, 0.3) is 67.2 Å². The van der Waals surface area contributed by atoms with E-state index in [0.29, 0.717) is 5.82 Å². The van der Waals surface area contributed by atoms with Gasteiger partial charge >= 0.3 is 0 Å². The van der Waals surface area contributed by atoms with Crippen LogP contribution >= 0.6 is 0 Å². The van der Waals surface area contributed by atoms with E-state index in [-0.39, 0.29) is 0 Å². The predicted molar refractivity (Wildman–Crippen MR) is 238 cm³/mol. The fraction of sp³-hybridized carbons (Fsp3) is 0.0189. The third-order valence-electron chi connectivity index (χ3n) is 12.4. The van der Waals surface area contributed by atoms with Gasteiger partial charge in [-0.25, -0.2) is 9.97 Å². The lowest BCUT2D eigenvalue weighted by molar-refractivity contribution is 0.478. The minimum atomic E-state index is -0.724. The monoisotopic (exact) mass is 781 g/mol. The molecule has 4 aromatic heterocycles. The molecule has 0 saturated heterocycles. The zero-order valence-electron chi connectivity index (χ0n) is 32.4. The molecule has 13 rings (SSSR count). The van der Waals surface area contributed by atoms with Crippen LogP contribution in [-0.2, 0) is 5.41 Å². The summed E-state index contributed by atoms with van der Waals surface area (Å²) in [4.78, 5) is 31.1. The SMILES string of the molecule is c1cnc(-c2cccc(N3c4ccccc4Oc4c3ccc3c4-c4ccccc4C34c3cccnc3-c3ncc(-c5ccccc5-c5cccc6nccnc56)cc34)c2)nc1. The second kappa shape index (κ2) is 12.8. The third kappa shape index (κ3) is 4.69. The summed E-state index contributed by atoms with van der Waals surface area (Å²) in [7, 11) is 0. The van der Waals surface area contributed by atoms with Crippen molar-refractivity contribution in [2.24, 2.45) is 0 Å². The Labute approximate surface area is 350 Å². The molecule has 0 saturated carbocycles. The summed E-state index contributed by atoms with van der Waals surface area (Å²) < 4.78 is 7.11. The fourth-order valence-corrected chi connectivity index (χ4v) is 9.97. The number of hydrogen-bond donors (Lipinski definition) is 0. The zero-order chi connectivity index (χ0) is 40.1. The molecule has 0 N–H and O–H groups in total. The van der Waals surface area contributed by atoms with Crippen molar-refractivity contribution in [3.63, 3.8) is 0 Å². The van der Waals surface area contributed by atoms with Crippen molar-refractivity contribution in [3.8, 4) is 67.7 Å². The molecule has 1 unspecified atom stereocenters. The van der Waals surface area contributed by atoms with Gasteiger partial charge in [-0.2, -0.15) is 0 Å². The molecule has 1 atom stereocenters. The average Bonchev–Trinajstić information content (AvgIpc) is 3.80. The number of nitrogens with zero attached hydrogens (tertiary/aromatic N) is 7. The molecule has 61 heavy (non-hydrogen) atoms. The number of anilines is 3. The van der Waals surface area contributed by atoms with Crippen LogP contribution in [-0.4, -0.2) is 29.9 Å². The molecule has 284 valence electrons. The van der Waals surface area contributed by atoms with Crippen LogP contribution in [0.3, 0.4) is 0 Å². The van der Waals surface area contributed by atoms with Gasteiger partial charge in [0.25, 0.3) is 0 Å². The molecule has 10 aromatic rings. The van der Waals surface area contributed by atoms with E-state index in [1.807, 2.05) is 48.8 Å². The van der Waals surface area contributed by atoms with E-state index in [1.165, 1.54) is 5.56 Å². The summed E-state index contributed by atoms with van der Waals surface area (Å²) in [5.74, 6) is 2.24. The lowest BCUT2D eigenvalue weighted by Crippen LogP contribution is -2.26. The molecule has 8 heteroatoms. The second-order valence-electron chi connectivity index (χ2n) is 15.5. The van der Waals surface area contributed by atoms with Crippen LogP contribution in [0, 0.1) is 0 Å². The van der Waals surface area contributed by atoms with Crippen molar-refractivity contribution in [3.05, 3.63) is 211 Å². The molecule has 6 aromatic carbocycles. The number of pyridine rings is 2. The van der Waals surface area contributed by atoms with Gasteiger partial charge in [0, 0.05) is 70.7 Å². The van der Waals surface area contributed by atoms with Crippen LogP contribution in [0.15, 0.2) is 189 Å². The van der Waals surface area contributed by atoms with Crippen molar-refractivity contribution in [2.45, 2.75) is 5.41 Å². The molecule has 0 bridgehead atoms. The molecule has 0 fully saturated rings. The maximum absolute atomic E-state index is 7.11. The molecule has 0 amide bonds. The molecule has 2 aliphatic carbocycles. The zero-order valence-corrected chi connectivity index (χ0v) is 32.4. The van der Waals surface area contributed by atoms with Crippen molar-refractivity contribution in [1.29, 1.82) is 0 Å². The average molecular weight is 782 g/mol. The first-order chi connectivity index (χ1) is 30.3. The molecular formula is C53H31N7O. The summed E-state index contributed by atoms with van der Waals surface area (Å²) in [5, 5.41) is 0. The number of aromatic nitrogens is 6. The minimum Gasteiger partial charge on any atom is -0.452 e. The molecule has 3 aliphatic rings. The Kier molecular flexibility index (Phi) is 7.06. The van der Waals surface area contributed by atoms with Crippen molar-refractivity contribution in [2.75, 3.05) is 4.90 Å². The highest BCUT2D eigenvalue weighted by atomic mass is 16.5. The van der Waals surface area contributed by atoms with Crippen LogP contribution < -0.4 is 9.64 Å². The predicted octanol–water partition coefficient (Wildman–Crippen LogP) is 12.1. The van der Waals surface area contributed by atoms with Gasteiger partial charge < -0.3 is 9.64 Å². The number of hydrogen-bond acceptors (Lipinski definition) is 8. The third-order valence-corrected chi connectivity index (χ3v) is 12.4. The molecule has 1 spiro atoms. The normalized spacial score (nSPS) is 15.0. The van der Waals surface area contributed by atoms with Gasteiger partial charge in [0.2, 0.25) is 0 Å². The number of rotatable bonds is 4. The summed E-state index contributed by atoms with van der Waals surface area (Å²) >= 11 is 0. The van der Waals surface area contributed by atoms with E-state index < -0.39 is 5.41 Å². The molecule has 1 aliphatic heterocycles. The van der Waals surface area contributed by atoms with Gasteiger partial charge in [-0.15, -0.1) is 0 Å². The lowest BCUT2D eigenvalue weighted by Gasteiger charge is -2.35. The van der Waals surface area contributed by atoms with Crippen LogP contribution in [0.2, 0.25) is 0 Å². The summed E-state index contributed by atoms with van der Waals surface area (Å²) in [5.41, 5.74) is 17.4. The minimum absolute atomic E-state index is 0.671. The molecule has 5 heterocycles. The Morgan fingerprint density at radius 3 is 2.13 bits per heavy atom. The summed E-state index contributed by atoms with van der Waals surface area (Å²) in [6, 6.07) is 53.0. The second-order valence-corrected chi connectivity index (χ2v) is 15.5. The van der Waals surface area contributed by atoms with E-state index >= 15 is 0 Å².